The van der Waals surface area contributed by atoms with Gasteiger partial charge in [0.1, 0.15) is 0 Å². The van der Waals surface area contributed by atoms with Crippen LogP contribution in [0.3, 0.4) is 0 Å². The van der Waals surface area contributed by atoms with Gasteiger partial charge < -0.3 is 22.9 Å². The number of para-hydroxylation sites is 1. The summed E-state index contributed by atoms with van der Waals surface area (Å²) in [5, 5.41) is 0. The third-order valence-electron chi connectivity index (χ3n) is 7.82. The molecule has 7 heteroatoms. The molecule has 0 radical (unpaired) electrons. The van der Waals surface area contributed by atoms with Crippen molar-refractivity contribution in [1.82, 2.24) is 0 Å². The number of halogens is 3. The maximum absolute atomic E-state index is 12.3. The van der Waals surface area contributed by atoms with Crippen LogP contribution >= 0.6 is 0 Å². The van der Waals surface area contributed by atoms with Crippen molar-refractivity contribution < 1.29 is 13.2 Å². The summed E-state index contributed by atoms with van der Waals surface area (Å²) < 4.78 is 37.0. The van der Waals surface area contributed by atoms with Crippen molar-refractivity contribution in [2.75, 3.05) is 22.9 Å². The standard InChI is InChI=1S/C10H12F3N.3C10H15N/c1-6(2)8-5-7(10(11,12)13)3-4-9(8)14;1-7(2)9-5-4-8(3)6-10(9)11;1-7(2)10-8(3)5-4-6-9(10)11;1-7(2)9-6-4-5-8(3)10(9)11/h3-6H,14H2,1-2H3;3*4-7H,11H2,1-3H3. The van der Waals surface area contributed by atoms with E-state index in [9.17, 15) is 13.2 Å². The SMILES string of the molecule is CC(C)c1cc(C(F)(F)F)ccc1N.Cc1ccc(C(C)C)c(N)c1.Cc1cccc(C(C)C)c1N.Cc1cccc(N)c1C(C)C. The number of alkyl halides is 3. The molecule has 0 unspecified atom stereocenters. The largest absolute Gasteiger partial charge is 0.416 e. The van der Waals surface area contributed by atoms with Crippen LogP contribution in [0.2, 0.25) is 0 Å². The lowest BCUT2D eigenvalue weighted by molar-refractivity contribution is -0.137. The molecule has 0 heterocycles. The van der Waals surface area contributed by atoms with Gasteiger partial charge in [0.25, 0.3) is 0 Å². The molecule has 0 fully saturated rings. The lowest BCUT2D eigenvalue weighted by Gasteiger charge is -2.13. The zero-order chi connectivity index (χ0) is 36.2. The zero-order valence-corrected chi connectivity index (χ0v) is 30.2. The number of aryl methyl sites for hydroxylation is 3. The smallest absolute Gasteiger partial charge is 0.398 e. The molecule has 0 spiro atoms. The van der Waals surface area contributed by atoms with E-state index >= 15 is 0 Å². The predicted octanol–water partition coefficient (Wildman–Crippen LogP) is 11.5. The molecule has 0 aromatic heterocycles. The Balaban J connectivity index is 0.000000315. The average Bonchev–Trinajstić information content (AvgIpc) is 2.94. The second-order valence-electron chi connectivity index (χ2n) is 13.2. The van der Waals surface area contributed by atoms with Gasteiger partial charge in [0.05, 0.1) is 5.56 Å². The Morgan fingerprint density at radius 2 is 1.02 bits per heavy atom. The van der Waals surface area contributed by atoms with Gasteiger partial charge in [-0.1, -0.05) is 97.9 Å². The number of nitrogens with two attached hydrogens (primary N) is 4. The van der Waals surface area contributed by atoms with Crippen molar-refractivity contribution in [3.63, 3.8) is 0 Å². The van der Waals surface area contributed by atoms with Crippen LogP contribution in [-0.4, -0.2) is 0 Å². The minimum atomic E-state index is -4.29. The maximum atomic E-state index is 12.3. The van der Waals surface area contributed by atoms with Gasteiger partial charge in [0, 0.05) is 22.7 Å². The van der Waals surface area contributed by atoms with Crippen molar-refractivity contribution in [1.29, 1.82) is 0 Å². The normalized spacial score (nSPS) is 11.0. The molecule has 0 aliphatic heterocycles. The van der Waals surface area contributed by atoms with E-state index in [1.165, 1.54) is 39.4 Å². The van der Waals surface area contributed by atoms with Crippen LogP contribution in [0.4, 0.5) is 35.9 Å². The van der Waals surface area contributed by atoms with E-state index in [2.05, 4.69) is 85.7 Å². The highest BCUT2D eigenvalue weighted by Gasteiger charge is 2.31. The first kappa shape index (κ1) is 40.9. The Kier molecular flexibility index (Phi) is 15.9. The molecule has 0 aliphatic carbocycles. The summed E-state index contributed by atoms with van der Waals surface area (Å²) >= 11 is 0. The van der Waals surface area contributed by atoms with Crippen LogP contribution in [0.25, 0.3) is 0 Å². The summed E-state index contributed by atoms with van der Waals surface area (Å²) in [6, 6.07) is 21.9. The number of hydrogen-bond acceptors (Lipinski definition) is 4. The molecule has 0 amide bonds. The molecule has 4 aromatic carbocycles. The van der Waals surface area contributed by atoms with Crippen molar-refractivity contribution in [2.24, 2.45) is 0 Å². The Morgan fingerprint density at radius 3 is 1.45 bits per heavy atom. The first-order valence-corrected chi connectivity index (χ1v) is 16.2. The van der Waals surface area contributed by atoms with Gasteiger partial charge in [-0.25, -0.2) is 0 Å². The van der Waals surface area contributed by atoms with Crippen LogP contribution in [-0.2, 0) is 6.18 Å². The first-order chi connectivity index (χ1) is 21.7. The fourth-order valence-electron chi connectivity index (χ4n) is 5.17. The fraction of sp³-hybridized carbons (Fsp3) is 0.400. The number of benzene rings is 4. The topological polar surface area (TPSA) is 104 Å². The Bertz CT molecular complexity index is 1530. The molecular formula is C40H57F3N4. The molecular weight excluding hydrogens is 593 g/mol. The monoisotopic (exact) mass is 650 g/mol. The lowest BCUT2D eigenvalue weighted by Crippen LogP contribution is -2.07. The molecule has 8 N–H and O–H groups in total. The second-order valence-corrected chi connectivity index (χ2v) is 13.2. The number of anilines is 4. The van der Waals surface area contributed by atoms with Crippen LogP contribution in [0.5, 0.6) is 0 Å². The van der Waals surface area contributed by atoms with Crippen LogP contribution in [0.1, 0.15) is 124 Å². The van der Waals surface area contributed by atoms with Gasteiger partial charge in [-0.2, -0.15) is 13.2 Å². The molecule has 0 bridgehead atoms. The molecule has 258 valence electrons. The van der Waals surface area contributed by atoms with Crippen LogP contribution < -0.4 is 22.9 Å². The number of hydrogen-bond donors (Lipinski definition) is 4. The summed E-state index contributed by atoms with van der Waals surface area (Å²) in [5.41, 5.74) is 33.7. The second kappa shape index (κ2) is 18.3. The van der Waals surface area contributed by atoms with Crippen LogP contribution in [0.15, 0.2) is 72.8 Å². The minimum Gasteiger partial charge on any atom is -0.398 e. The summed E-state index contributed by atoms with van der Waals surface area (Å²) in [4.78, 5) is 0. The Morgan fingerprint density at radius 1 is 0.489 bits per heavy atom. The number of rotatable bonds is 4. The molecule has 0 saturated heterocycles. The van der Waals surface area contributed by atoms with Gasteiger partial charge in [-0.3, -0.25) is 0 Å². The van der Waals surface area contributed by atoms with Gasteiger partial charge in [-0.05, 0) is 114 Å². The predicted molar refractivity (Wildman–Crippen MR) is 199 cm³/mol. The van der Waals surface area contributed by atoms with Gasteiger partial charge in [0.15, 0.2) is 0 Å². The molecule has 0 aliphatic rings. The fourth-order valence-corrected chi connectivity index (χ4v) is 5.17. The molecule has 4 nitrogen and oxygen atoms in total. The van der Waals surface area contributed by atoms with E-state index in [4.69, 9.17) is 22.9 Å². The molecule has 0 saturated carbocycles. The molecule has 4 aromatic rings. The quantitative estimate of drug-likeness (QED) is 0.165. The van der Waals surface area contributed by atoms with Gasteiger partial charge in [-0.15, -0.1) is 0 Å². The maximum Gasteiger partial charge on any atom is 0.416 e. The summed E-state index contributed by atoms with van der Waals surface area (Å²) in [7, 11) is 0. The minimum absolute atomic E-state index is 0.00250. The molecule has 0 atom stereocenters. The van der Waals surface area contributed by atoms with E-state index in [-0.39, 0.29) is 5.92 Å². The van der Waals surface area contributed by atoms with E-state index < -0.39 is 11.7 Å². The molecule has 4 rings (SSSR count). The van der Waals surface area contributed by atoms with Crippen molar-refractivity contribution in [2.45, 2.75) is 106 Å². The average molecular weight is 651 g/mol. The zero-order valence-electron chi connectivity index (χ0n) is 30.2. The lowest BCUT2D eigenvalue weighted by atomic mass is 9.96. The third kappa shape index (κ3) is 12.9. The first-order valence-electron chi connectivity index (χ1n) is 16.2. The highest BCUT2D eigenvalue weighted by atomic mass is 19.4. The van der Waals surface area contributed by atoms with Crippen molar-refractivity contribution in [3.8, 4) is 0 Å². The third-order valence-corrected chi connectivity index (χ3v) is 7.82. The van der Waals surface area contributed by atoms with Gasteiger partial charge in [0.2, 0.25) is 0 Å². The van der Waals surface area contributed by atoms with E-state index in [0.29, 0.717) is 29.0 Å². The van der Waals surface area contributed by atoms with Crippen molar-refractivity contribution >= 4 is 22.7 Å². The summed E-state index contributed by atoms with van der Waals surface area (Å²) in [6.45, 7) is 22.8. The number of nitrogen functional groups attached to an aromatic ring is 4. The highest BCUT2D eigenvalue weighted by molar-refractivity contribution is 5.55. The van der Waals surface area contributed by atoms with Gasteiger partial charge >= 0.3 is 6.18 Å². The van der Waals surface area contributed by atoms with E-state index in [1.807, 2.05) is 45.0 Å². The summed E-state index contributed by atoms with van der Waals surface area (Å²) in [5.74, 6) is 1.57. The van der Waals surface area contributed by atoms with Crippen LogP contribution in [0, 0.1) is 20.8 Å². The van der Waals surface area contributed by atoms with Crippen molar-refractivity contribution in [3.05, 3.63) is 117 Å². The summed E-state index contributed by atoms with van der Waals surface area (Å²) in [6.07, 6.45) is -4.29. The van der Waals surface area contributed by atoms with E-state index in [0.717, 1.165) is 29.2 Å². The Labute approximate surface area is 281 Å². The molecule has 47 heavy (non-hydrogen) atoms. The highest BCUT2D eigenvalue weighted by Crippen LogP contribution is 2.33. The Hall–Kier alpha value is -4.13. The van der Waals surface area contributed by atoms with E-state index in [1.54, 1.807) is 0 Å².